The number of nitrogens with zero attached hydrogens (tertiary/aromatic N) is 3. The molecule has 0 fully saturated rings. The summed E-state index contributed by atoms with van der Waals surface area (Å²) in [6, 6.07) is 8.06. The Balaban J connectivity index is 0.00000144. The van der Waals surface area contributed by atoms with Gasteiger partial charge >= 0.3 is 0 Å². The Morgan fingerprint density at radius 1 is 1.29 bits per heavy atom. The van der Waals surface area contributed by atoms with Crippen molar-refractivity contribution >= 4 is 41.0 Å². The fraction of sp³-hybridized carbons (Fsp3) is 0.273. The lowest BCUT2D eigenvalue weighted by Gasteiger charge is -2.02. The molecule has 17 heavy (non-hydrogen) atoms. The molecule has 2 aromatic rings. The third-order valence-electron chi connectivity index (χ3n) is 2.38. The monoisotopic (exact) mass is 345 g/mol. The van der Waals surface area contributed by atoms with Gasteiger partial charge in [0.25, 0.3) is 0 Å². The second kappa shape index (κ2) is 6.43. The first-order chi connectivity index (χ1) is 7.77. The van der Waals surface area contributed by atoms with Crippen LogP contribution in [0.2, 0.25) is 0 Å². The van der Waals surface area contributed by atoms with Gasteiger partial charge in [0.1, 0.15) is 0 Å². The minimum Gasteiger partial charge on any atom is -0.370 e. The number of para-hydroxylation sites is 2. The van der Waals surface area contributed by atoms with Crippen LogP contribution in [0, 0.1) is 0 Å². The quantitative estimate of drug-likeness (QED) is 0.379. The first kappa shape index (κ1) is 13.8. The number of fused-ring (bicyclic) bond motifs is 1. The van der Waals surface area contributed by atoms with Crippen LogP contribution in [0.5, 0.6) is 0 Å². The molecule has 0 aliphatic carbocycles. The van der Waals surface area contributed by atoms with E-state index in [-0.39, 0.29) is 29.9 Å². The van der Waals surface area contributed by atoms with Crippen molar-refractivity contribution in [2.45, 2.75) is 13.0 Å². The average molecular weight is 345 g/mol. The Hall–Kier alpha value is -1.31. The smallest absolute Gasteiger partial charge is 0.185 e. The maximum atomic E-state index is 5.25. The van der Waals surface area contributed by atoms with Crippen molar-refractivity contribution < 1.29 is 0 Å². The van der Waals surface area contributed by atoms with Crippen LogP contribution < -0.4 is 11.5 Å². The van der Waals surface area contributed by atoms with Gasteiger partial charge in [-0.25, -0.2) is 4.98 Å². The van der Waals surface area contributed by atoms with Crippen LogP contribution >= 0.6 is 24.0 Å². The highest BCUT2D eigenvalue weighted by Gasteiger charge is 1.99. The lowest BCUT2D eigenvalue weighted by Crippen LogP contribution is -2.23. The van der Waals surface area contributed by atoms with Crippen molar-refractivity contribution in [2.24, 2.45) is 16.5 Å². The van der Waals surface area contributed by atoms with Gasteiger partial charge in [0.05, 0.1) is 17.4 Å². The van der Waals surface area contributed by atoms with Crippen molar-refractivity contribution in [3.63, 3.8) is 0 Å². The number of nitrogens with two attached hydrogens (primary N) is 2. The number of hydrogen-bond donors (Lipinski definition) is 2. The summed E-state index contributed by atoms with van der Waals surface area (Å²) < 4.78 is 2.11. The van der Waals surface area contributed by atoms with Crippen LogP contribution in [0.25, 0.3) is 11.0 Å². The first-order valence-corrected chi connectivity index (χ1v) is 5.22. The molecule has 0 aliphatic heterocycles. The summed E-state index contributed by atoms with van der Waals surface area (Å²) in [6.07, 6.45) is 2.75. The van der Waals surface area contributed by atoms with Gasteiger partial charge in [-0.05, 0) is 18.6 Å². The van der Waals surface area contributed by atoms with Crippen LogP contribution in [0.1, 0.15) is 6.42 Å². The number of aliphatic imine (C=N–C) groups is 1. The molecule has 0 saturated heterocycles. The van der Waals surface area contributed by atoms with Gasteiger partial charge in [0, 0.05) is 13.1 Å². The Morgan fingerprint density at radius 3 is 2.82 bits per heavy atom. The number of halogens is 1. The third kappa shape index (κ3) is 3.58. The Morgan fingerprint density at radius 2 is 2.06 bits per heavy atom. The fourth-order valence-electron chi connectivity index (χ4n) is 1.64. The Labute approximate surface area is 117 Å². The lowest BCUT2D eigenvalue weighted by atomic mass is 10.3. The number of aryl methyl sites for hydroxylation is 1. The highest BCUT2D eigenvalue weighted by molar-refractivity contribution is 14.0. The van der Waals surface area contributed by atoms with E-state index in [1.807, 2.05) is 24.5 Å². The van der Waals surface area contributed by atoms with Crippen LogP contribution in [-0.2, 0) is 6.54 Å². The maximum Gasteiger partial charge on any atom is 0.185 e. The van der Waals surface area contributed by atoms with E-state index in [4.69, 9.17) is 11.5 Å². The summed E-state index contributed by atoms with van der Waals surface area (Å²) in [4.78, 5) is 8.25. The van der Waals surface area contributed by atoms with E-state index in [1.54, 1.807) is 0 Å². The largest absolute Gasteiger partial charge is 0.370 e. The average Bonchev–Trinajstić information content (AvgIpc) is 2.68. The number of rotatable bonds is 4. The molecule has 0 unspecified atom stereocenters. The molecule has 2 rings (SSSR count). The van der Waals surface area contributed by atoms with Crippen molar-refractivity contribution in [3.05, 3.63) is 30.6 Å². The van der Waals surface area contributed by atoms with Gasteiger partial charge in [-0.2, -0.15) is 0 Å². The molecule has 1 heterocycles. The van der Waals surface area contributed by atoms with Crippen LogP contribution in [0.3, 0.4) is 0 Å². The highest BCUT2D eigenvalue weighted by Crippen LogP contribution is 2.11. The maximum absolute atomic E-state index is 5.25. The molecular weight excluding hydrogens is 329 g/mol. The standard InChI is InChI=1S/C11H15N5.HI/c12-11(13)14-6-3-7-16-8-15-9-4-1-2-5-10(9)16;/h1-2,4-5,8H,3,6-7H2,(H4,12,13,14);1H. The topological polar surface area (TPSA) is 82.2 Å². The van der Waals surface area contributed by atoms with Crippen molar-refractivity contribution in [2.75, 3.05) is 6.54 Å². The Kier molecular flexibility index (Phi) is 5.20. The zero-order valence-corrected chi connectivity index (χ0v) is 11.7. The number of hydrogen-bond acceptors (Lipinski definition) is 2. The predicted molar refractivity (Wildman–Crippen MR) is 80.4 cm³/mol. The van der Waals surface area contributed by atoms with Gasteiger partial charge in [-0.3, -0.25) is 4.99 Å². The zero-order chi connectivity index (χ0) is 11.4. The molecule has 0 amide bonds. The molecule has 1 aromatic carbocycles. The molecule has 4 N–H and O–H groups in total. The molecule has 0 atom stereocenters. The van der Waals surface area contributed by atoms with E-state index in [1.165, 1.54) is 0 Å². The first-order valence-electron chi connectivity index (χ1n) is 5.22. The summed E-state index contributed by atoms with van der Waals surface area (Å²) in [5, 5.41) is 0. The highest BCUT2D eigenvalue weighted by atomic mass is 127. The SMILES string of the molecule is I.NC(N)=NCCCn1cnc2ccccc21. The third-order valence-corrected chi connectivity index (χ3v) is 2.38. The van der Waals surface area contributed by atoms with Crippen LogP contribution in [-0.4, -0.2) is 22.1 Å². The lowest BCUT2D eigenvalue weighted by molar-refractivity contribution is 0.666. The van der Waals surface area contributed by atoms with E-state index < -0.39 is 0 Å². The van der Waals surface area contributed by atoms with Crippen molar-refractivity contribution in [1.29, 1.82) is 0 Å². The molecule has 6 heteroatoms. The number of aromatic nitrogens is 2. The fourth-order valence-corrected chi connectivity index (χ4v) is 1.64. The van der Waals surface area contributed by atoms with E-state index in [2.05, 4.69) is 20.6 Å². The molecule has 0 bridgehead atoms. The summed E-state index contributed by atoms with van der Waals surface area (Å²) in [7, 11) is 0. The van der Waals surface area contributed by atoms with E-state index in [9.17, 15) is 0 Å². The van der Waals surface area contributed by atoms with Gasteiger partial charge in [-0.15, -0.1) is 24.0 Å². The second-order valence-corrected chi connectivity index (χ2v) is 3.59. The summed E-state index contributed by atoms with van der Waals surface area (Å²) in [5.41, 5.74) is 12.7. The van der Waals surface area contributed by atoms with Crippen LogP contribution in [0.15, 0.2) is 35.6 Å². The molecule has 1 aromatic heterocycles. The minimum absolute atomic E-state index is 0. The van der Waals surface area contributed by atoms with E-state index >= 15 is 0 Å². The molecule has 0 saturated carbocycles. The summed E-state index contributed by atoms with van der Waals surface area (Å²) in [5.74, 6) is 0.149. The minimum atomic E-state index is 0. The Bertz CT molecular complexity index is 501. The number of imidazole rings is 1. The molecule has 0 aliphatic rings. The number of guanidine groups is 1. The van der Waals surface area contributed by atoms with Crippen molar-refractivity contribution in [1.82, 2.24) is 9.55 Å². The second-order valence-electron chi connectivity index (χ2n) is 3.59. The van der Waals surface area contributed by atoms with E-state index in [0.29, 0.717) is 6.54 Å². The molecule has 0 radical (unpaired) electrons. The molecular formula is C11H16IN5. The van der Waals surface area contributed by atoms with Gasteiger partial charge in [0.15, 0.2) is 5.96 Å². The number of benzene rings is 1. The predicted octanol–water partition coefficient (Wildman–Crippen LogP) is 1.32. The molecule has 5 nitrogen and oxygen atoms in total. The normalized spacial score (nSPS) is 9.88. The zero-order valence-electron chi connectivity index (χ0n) is 9.41. The van der Waals surface area contributed by atoms with Gasteiger partial charge in [-0.1, -0.05) is 12.1 Å². The van der Waals surface area contributed by atoms with Gasteiger partial charge < -0.3 is 16.0 Å². The van der Waals surface area contributed by atoms with Crippen molar-refractivity contribution in [3.8, 4) is 0 Å². The molecule has 92 valence electrons. The molecule has 0 spiro atoms. The summed E-state index contributed by atoms with van der Waals surface area (Å²) >= 11 is 0. The summed E-state index contributed by atoms with van der Waals surface area (Å²) in [6.45, 7) is 1.52. The van der Waals surface area contributed by atoms with Gasteiger partial charge in [0.2, 0.25) is 0 Å². The van der Waals surface area contributed by atoms with E-state index in [0.717, 1.165) is 24.0 Å². The van der Waals surface area contributed by atoms with Crippen LogP contribution in [0.4, 0.5) is 0 Å².